The van der Waals surface area contributed by atoms with Crippen LogP contribution in [-0.4, -0.2) is 49.3 Å². The zero-order valence-corrected chi connectivity index (χ0v) is 14.0. The van der Waals surface area contributed by atoms with Crippen LogP contribution in [0.1, 0.15) is 0 Å². The first kappa shape index (κ1) is 15.8. The summed E-state index contributed by atoms with van der Waals surface area (Å²) in [5.41, 5.74) is 0.604. The van der Waals surface area contributed by atoms with Crippen LogP contribution in [0.25, 0.3) is 5.69 Å². The molecule has 0 saturated carbocycles. The van der Waals surface area contributed by atoms with Crippen molar-refractivity contribution in [1.82, 2.24) is 20.2 Å². The van der Waals surface area contributed by atoms with Crippen molar-refractivity contribution in [2.45, 2.75) is 24.8 Å². The predicted octanol–water partition coefficient (Wildman–Crippen LogP) is 1.29. The molecule has 9 heteroatoms. The Morgan fingerprint density at radius 1 is 1.19 bits per heavy atom. The monoisotopic (exact) mass is 326 g/mol. The highest BCUT2D eigenvalue weighted by Crippen LogP contribution is 2.13. The van der Waals surface area contributed by atoms with Gasteiger partial charge in [-0.25, -0.2) is 8.42 Å². The van der Waals surface area contributed by atoms with Crippen LogP contribution in [0.3, 0.4) is 0 Å². The van der Waals surface area contributed by atoms with Gasteiger partial charge in [-0.1, -0.05) is 23.3 Å². The van der Waals surface area contributed by atoms with Gasteiger partial charge in [-0.3, -0.25) is 0 Å². The molecule has 0 fully saturated rings. The van der Waals surface area contributed by atoms with E-state index in [-0.39, 0.29) is 17.5 Å². The van der Waals surface area contributed by atoms with Crippen LogP contribution in [0.5, 0.6) is 0 Å². The second-order valence-corrected chi connectivity index (χ2v) is 12.0. The Bertz CT molecular complexity index is 695. The van der Waals surface area contributed by atoms with Crippen LogP contribution in [0, 0.1) is 0 Å². The summed E-state index contributed by atoms with van der Waals surface area (Å²) in [6.07, 6.45) is 0. The Balaban J connectivity index is 2.20. The molecule has 114 valence electrons. The van der Waals surface area contributed by atoms with Crippen molar-refractivity contribution in [3.05, 3.63) is 30.3 Å². The summed E-state index contributed by atoms with van der Waals surface area (Å²) in [4.78, 5) is 0. The van der Waals surface area contributed by atoms with Crippen LogP contribution in [0.15, 0.2) is 35.5 Å². The lowest BCUT2D eigenvalue weighted by Gasteiger charge is -2.16. The second kappa shape index (κ2) is 6.04. The summed E-state index contributed by atoms with van der Waals surface area (Å²) in [5, 5.41) is 10.7. The van der Waals surface area contributed by atoms with Crippen LogP contribution in [0.2, 0.25) is 19.6 Å². The van der Waals surface area contributed by atoms with Gasteiger partial charge in [0.05, 0.1) is 11.4 Å². The Kier molecular flexibility index (Phi) is 4.54. The fraction of sp³-hybridized carbons (Fsp3) is 0.417. The summed E-state index contributed by atoms with van der Waals surface area (Å²) in [6.45, 7) is 6.18. The van der Waals surface area contributed by atoms with Crippen LogP contribution >= 0.6 is 0 Å². The van der Waals surface area contributed by atoms with Gasteiger partial charge >= 0.3 is 0 Å². The fourth-order valence-corrected chi connectivity index (χ4v) is 3.57. The Morgan fingerprint density at radius 3 is 2.48 bits per heavy atom. The lowest BCUT2D eigenvalue weighted by atomic mass is 10.3. The average molecular weight is 326 g/mol. The fourth-order valence-electron chi connectivity index (χ4n) is 1.65. The first-order valence-corrected chi connectivity index (χ1v) is 11.6. The van der Waals surface area contributed by atoms with Crippen molar-refractivity contribution in [1.29, 1.82) is 0 Å². The van der Waals surface area contributed by atoms with Crippen molar-refractivity contribution >= 4 is 18.2 Å². The van der Waals surface area contributed by atoms with Crippen molar-refractivity contribution in [2.24, 2.45) is 0 Å². The highest BCUT2D eigenvalue weighted by molar-refractivity contribution is 7.91. The minimum Gasteiger partial charge on any atom is -0.417 e. The number of sulfone groups is 1. The molecule has 0 aliphatic carbocycles. The van der Waals surface area contributed by atoms with E-state index in [1.165, 1.54) is 4.68 Å². The smallest absolute Gasteiger partial charge is 0.272 e. The van der Waals surface area contributed by atoms with Gasteiger partial charge in [0.25, 0.3) is 5.16 Å². The van der Waals surface area contributed by atoms with E-state index < -0.39 is 18.2 Å². The Morgan fingerprint density at radius 2 is 1.86 bits per heavy atom. The van der Waals surface area contributed by atoms with Gasteiger partial charge in [0.1, 0.15) is 0 Å². The highest BCUT2D eigenvalue weighted by Gasteiger charge is 2.25. The molecule has 1 aromatic heterocycles. The molecule has 0 aliphatic heterocycles. The van der Waals surface area contributed by atoms with E-state index >= 15 is 0 Å². The van der Waals surface area contributed by atoms with Crippen molar-refractivity contribution in [3.8, 4) is 5.69 Å². The second-order valence-electron chi connectivity index (χ2n) is 5.49. The SMILES string of the molecule is C[Si](C)(C)OCCS(=O)(=O)c1nnnn1-c1ccccc1. The Hall–Kier alpha value is -1.58. The van der Waals surface area contributed by atoms with Gasteiger partial charge in [0.2, 0.25) is 9.84 Å². The number of para-hydroxylation sites is 1. The molecule has 1 heterocycles. The van der Waals surface area contributed by atoms with Crippen molar-refractivity contribution < 1.29 is 12.8 Å². The first-order chi connectivity index (χ1) is 9.80. The van der Waals surface area contributed by atoms with E-state index in [9.17, 15) is 8.42 Å². The van der Waals surface area contributed by atoms with Gasteiger partial charge < -0.3 is 4.43 Å². The standard InChI is InChI=1S/C12H18N4O3SSi/c1-21(2,3)19-9-10-20(17,18)12-13-14-15-16(12)11-7-5-4-6-8-11/h4-8H,9-10H2,1-3H3. The highest BCUT2D eigenvalue weighted by atomic mass is 32.2. The number of benzene rings is 1. The maximum atomic E-state index is 12.3. The molecule has 2 aromatic rings. The van der Waals surface area contributed by atoms with E-state index in [0.29, 0.717) is 5.69 Å². The molecular formula is C12H18N4O3SSi. The molecule has 0 amide bonds. The lowest BCUT2D eigenvalue weighted by molar-refractivity contribution is 0.335. The molecule has 0 N–H and O–H groups in total. The van der Waals surface area contributed by atoms with E-state index in [4.69, 9.17) is 4.43 Å². The molecule has 0 radical (unpaired) electrons. The summed E-state index contributed by atoms with van der Waals surface area (Å²) < 4.78 is 31.5. The van der Waals surface area contributed by atoms with Gasteiger partial charge in [0, 0.05) is 6.61 Å². The van der Waals surface area contributed by atoms with E-state index in [1.54, 1.807) is 24.3 Å². The molecule has 0 unspecified atom stereocenters. The third-order valence-corrected chi connectivity index (χ3v) is 5.19. The molecule has 0 atom stereocenters. The summed E-state index contributed by atoms with van der Waals surface area (Å²) in [6, 6.07) is 8.91. The summed E-state index contributed by atoms with van der Waals surface area (Å²) >= 11 is 0. The van der Waals surface area contributed by atoms with E-state index in [1.807, 2.05) is 25.7 Å². The summed E-state index contributed by atoms with van der Waals surface area (Å²) in [5.74, 6) is -0.134. The molecular weight excluding hydrogens is 308 g/mol. The number of hydrogen-bond donors (Lipinski definition) is 0. The maximum Gasteiger partial charge on any atom is 0.272 e. The minimum atomic E-state index is -3.59. The molecule has 2 rings (SSSR count). The minimum absolute atomic E-state index is 0.134. The van der Waals surface area contributed by atoms with E-state index in [2.05, 4.69) is 15.5 Å². The number of tetrazole rings is 1. The topological polar surface area (TPSA) is 87.0 Å². The largest absolute Gasteiger partial charge is 0.417 e. The van der Waals surface area contributed by atoms with Crippen LogP contribution in [-0.2, 0) is 14.3 Å². The summed E-state index contributed by atoms with van der Waals surface area (Å²) in [7, 11) is -5.34. The normalized spacial score (nSPS) is 12.5. The van der Waals surface area contributed by atoms with Gasteiger partial charge in [0.15, 0.2) is 8.32 Å². The van der Waals surface area contributed by atoms with Gasteiger partial charge in [-0.2, -0.15) is 4.68 Å². The number of rotatable bonds is 6. The lowest BCUT2D eigenvalue weighted by Crippen LogP contribution is -2.29. The molecule has 0 aliphatic rings. The molecule has 21 heavy (non-hydrogen) atoms. The quantitative estimate of drug-likeness (QED) is 0.743. The zero-order valence-electron chi connectivity index (χ0n) is 12.2. The first-order valence-electron chi connectivity index (χ1n) is 6.50. The zero-order chi connectivity index (χ0) is 15.5. The van der Waals surface area contributed by atoms with Gasteiger partial charge in [-0.05, 0) is 42.2 Å². The molecule has 0 saturated heterocycles. The number of nitrogens with zero attached hydrogens (tertiary/aromatic N) is 4. The van der Waals surface area contributed by atoms with Crippen molar-refractivity contribution in [3.63, 3.8) is 0 Å². The predicted molar refractivity (Wildman–Crippen MR) is 80.5 cm³/mol. The third kappa shape index (κ3) is 4.19. The Labute approximate surface area is 125 Å². The third-order valence-electron chi connectivity index (χ3n) is 2.61. The molecule has 0 bridgehead atoms. The molecule has 7 nitrogen and oxygen atoms in total. The molecule has 0 spiro atoms. The van der Waals surface area contributed by atoms with Crippen LogP contribution in [0.4, 0.5) is 0 Å². The van der Waals surface area contributed by atoms with Gasteiger partial charge in [-0.15, -0.1) is 0 Å². The molecule has 1 aromatic carbocycles. The average Bonchev–Trinajstić information content (AvgIpc) is 2.88. The number of hydrogen-bond acceptors (Lipinski definition) is 6. The van der Waals surface area contributed by atoms with E-state index in [0.717, 1.165) is 0 Å². The van der Waals surface area contributed by atoms with Crippen LogP contribution < -0.4 is 0 Å². The maximum absolute atomic E-state index is 12.3. The van der Waals surface area contributed by atoms with Crippen molar-refractivity contribution in [2.75, 3.05) is 12.4 Å². The number of aromatic nitrogens is 4.